The van der Waals surface area contributed by atoms with E-state index < -0.39 is 10.8 Å². The van der Waals surface area contributed by atoms with Gasteiger partial charge in [0.2, 0.25) is 5.91 Å². The molecule has 1 aliphatic heterocycles. The van der Waals surface area contributed by atoms with Crippen molar-refractivity contribution in [3.8, 4) is 0 Å². The first kappa shape index (κ1) is 13.0. The van der Waals surface area contributed by atoms with E-state index in [2.05, 4.69) is 12.2 Å². The summed E-state index contributed by atoms with van der Waals surface area (Å²) in [6.45, 7) is 2.60. The predicted octanol–water partition coefficient (Wildman–Crippen LogP) is 0.389. The van der Waals surface area contributed by atoms with Crippen molar-refractivity contribution in [2.24, 2.45) is 17.1 Å². The number of nitrogens with one attached hydrogen (secondary N) is 1. The summed E-state index contributed by atoms with van der Waals surface area (Å²) in [6.07, 6.45) is 3.51. The van der Waals surface area contributed by atoms with Gasteiger partial charge in [-0.05, 0) is 31.6 Å². The third-order valence-electron chi connectivity index (χ3n) is 4.07. The Morgan fingerprint density at radius 2 is 2.00 bits per heavy atom. The maximum atomic E-state index is 12.2. The van der Waals surface area contributed by atoms with Gasteiger partial charge in [-0.15, -0.1) is 0 Å². The van der Waals surface area contributed by atoms with Crippen molar-refractivity contribution in [2.45, 2.75) is 38.6 Å². The topological polar surface area (TPSA) is 72.2 Å². The quantitative estimate of drug-likeness (QED) is 0.769. The highest BCUT2D eigenvalue weighted by molar-refractivity contribution is 7.85. The molecule has 1 amide bonds. The van der Waals surface area contributed by atoms with Crippen LogP contribution in [0.5, 0.6) is 0 Å². The molecule has 0 aromatic heterocycles. The van der Waals surface area contributed by atoms with Crippen molar-refractivity contribution >= 4 is 16.7 Å². The molecule has 1 saturated heterocycles. The second-order valence-electron chi connectivity index (χ2n) is 5.59. The molecule has 1 saturated carbocycles. The molecule has 98 valence electrons. The lowest BCUT2D eigenvalue weighted by Gasteiger charge is -2.45. The van der Waals surface area contributed by atoms with Gasteiger partial charge in [0.05, 0.1) is 5.41 Å². The van der Waals surface area contributed by atoms with Crippen molar-refractivity contribution in [1.29, 1.82) is 0 Å². The number of hydrogen-bond acceptors (Lipinski definition) is 3. The number of carbonyl (C=O) groups excluding carboxylic acids is 1. The van der Waals surface area contributed by atoms with Crippen LogP contribution in [0, 0.1) is 11.3 Å². The first-order valence-corrected chi connectivity index (χ1v) is 7.90. The molecule has 0 aromatic carbocycles. The van der Waals surface area contributed by atoms with Crippen molar-refractivity contribution in [3.63, 3.8) is 0 Å². The standard InChI is InChI=1S/C12H22N2O2S/c1-9-6-12(7-9,8-13)11(15)14-10-2-4-17(16)5-3-10/h9-10H,2-8,13H2,1H3,(H,14,15). The third-order valence-corrected chi connectivity index (χ3v) is 5.46. The molecular weight excluding hydrogens is 236 g/mol. The second kappa shape index (κ2) is 5.06. The molecule has 2 aliphatic rings. The molecule has 5 heteroatoms. The zero-order valence-electron chi connectivity index (χ0n) is 10.4. The van der Waals surface area contributed by atoms with Gasteiger partial charge in [0.25, 0.3) is 0 Å². The monoisotopic (exact) mass is 258 g/mol. The van der Waals surface area contributed by atoms with E-state index in [0.29, 0.717) is 12.5 Å². The molecule has 1 heterocycles. The zero-order valence-corrected chi connectivity index (χ0v) is 11.2. The van der Waals surface area contributed by atoms with Crippen LogP contribution in [0.3, 0.4) is 0 Å². The average Bonchev–Trinajstić information content (AvgIpc) is 2.27. The van der Waals surface area contributed by atoms with Gasteiger partial charge in [-0.3, -0.25) is 9.00 Å². The Morgan fingerprint density at radius 1 is 1.41 bits per heavy atom. The van der Waals surface area contributed by atoms with Crippen molar-refractivity contribution in [3.05, 3.63) is 0 Å². The van der Waals surface area contributed by atoms with E-state index in [0.717, 1.165) is 37.2 Å². The molecule has 17 heavy (non-hydrogen) atoms. The summed E-state index contributed by atoms with van der Waals surface area (Å²) in [7, 11) is -0.668. The number of hydrogen-bond donors (Lipinski definition) is 2. The van der Waals surface area contributed by atoms with Gasteiger partial charge < -0.3 is 11.1 Å². The molecule has 3 N–H and O–H groups in total. The van der Waals surface area contributed by atoms with E-state index in [9.17, 15) is 9.00 Å². The van der Waals surface area contributed by atoms with Gasteiger partial charge in [-0.25, -0.2) is 0 Å². The van der Waals surface area contributed by atoms with E-state index in [1.807, 2.05) is 0 Å². The van der Waals surface area contributed by atoms with Gasteiger partial charge in [0, 0.05) is 34.9 Å². The van der Waals surface area contributed by atoms with Crippen LogP contribution >= 0.6 is 0 Å². The Morgan fingerprint density at radius 3 is 2.47 bits per heavy atom. The maximum absolute atomic E-state index is 12.2. The van der Waals surface area contributed by atoms with Crippen LogP contribution in [-0.4, -0.2) is 34.2 Å². The molecule has 0 spiro atoms. The molecule has 1 aliphatic carbocycles. The third kappa shape index (κ3) is 2.71. The Balaban J connectivity index is 1.86. The van der Waals surface area contributed by atoms with E-state index in [4.69, 9.17) is 5.73 Å². The highest BCUT2D eigenvalue weighted by Gasteiger charge is 2.47. The normalized spacial score (nSPS) is 41.6. The molecule has 0 aromatic rings. The van der Waals surface area contributed by atoms with Gasteiger partial charge >= 0.3 is 0 Å². The number of rotatable bonds is 3. The van der Waals surface area contributed by atoms with E-state index in [-0.39, 0.29) is 17.4 Å². The minimum atomic E-state index is -0.668. The highest BCUT2D eigenvalue weighted by Crippen LogP contribution is 2.44. The molecule has 0 bridgehead atoms. The van der Waals surface area contributed by atoms with Crippen LogP contribution in [0.2, 0.25) is 0 Å². The van der Waals surface area contributed by atoms with Crippen LogP contribution in [0.4, 0.5) is 0 Å². The van der Waals surface area contributed by atoms with Gasteiger partial charge in [0.15, 0.2) is 0 Å². The summed E-state index contributed by atoms with van der Waals surface area (Å²) in [5.74, 6) is 2.17. The van der Waals surface area contributed by atoms with Gasteiger partial charge in [-0.1, -0.05) is 6.92 Å². The molecule has 2 fully saturated rings. The van der Waals surface area contributed by atoms with E-state index in [1.54, 1.807) is 0 Å². The Bertz CT molecular complexity index is 316. The predicted molar refractivity (Wildman–Crippen MR) is 68.9 cm³/mol. The lowest BCUT2D eigenvalue weighted by molar-refractivity contribution is -0.138. The highest BCUT2D eigenvalue weighted by atomic mass is 32.2. The molecule has 0 atom stereocenters. The summed E-state index contributed by atoms with van der Waals surface area (Å²) in [5.41, 5.74) is 5.44. The second-order valence-corrected chi connectivity index (χ2v) is 7.29. The minimum Gasteiger partial charge on any atom is -0.353 e. The number of nitrogens with two attached hydrogens (primary N) is 1. The fourth-order valence-corrected chi connectivity index (χ4v) is 4.29. The first-order chi connectivity index (χ1) is 8.05. The smallest absolute Gasteiger partial charge is 0.227 e. The summed E-state index contributed by atoms with van der Waals surface area (Å²) in [6, 6.07) is 0.208. The largest absolute Gasteiger partial charge is 0.353 e. The van der Waals surface area contributed by atoms with Crippen LogP contribution < -0.4 is 11.1 Å². The van der Waals surface area contributed by atoms with Crippen LogP contribution in [0.25, 0.3) is 0 Å². The Labute approximate surface area is 105 Å². The molecule has 4 nitrogen and oxygen atoms in total. The summed E-state index contributed by atoms with van der Waals surface area (Å²) < 4.78 is 11.2. The maximum Gasteiger partial charge on any atom is 0.227 e. The summed E-state index contributed by atoms with van der Waals surface area (Å²) in [5, 5.41) is 3.10. The number of amides is 1. The lowest BCUT2D eigenvalue weighted by Crippen LogP contribution is -2.56. The zero-order chi connectivity index (χ0) is 12.5. The molecule has 0 unspecified atom stereocenters. The van der Waals surface area contributed by atoms with E-state index >= 15 is 0 Å². The summed E-state index contributed by atoms with van der Waals surface area (Å²) in [4.78, 5) is 12.2. The SMILES string of the molecule is CC1CC(CN)(C(=O)NC2CCS(=O)CC2)C1. The van der Waals surface area contributed by atoms with Crippen molar-refractivity contribution < 1.29 is 9.00 Å². The number of carbonyl (C=O) groups is 1. The molecule has 0 radical (unpaired) electrons. The Kier molecular flexibility index (Phi) is 3.88. The Hall–Kier alpha value is -0.420. The fourth-order valence-electron chi connectivity index (χ4n) is 3.00. The van der Waals surface area contributed by atoms with Gasteiger partial charge in [-0.2, -0.15) is 0 Å². The average molecular weight is 258 g/mol. The summed E-state index contributed by atoms with van der Waals surface area (Å²) >= 11 is 0. The lowest BCUT2D eigenvalue weighted by atomic mass is 9.62. The van der Waals surface area contributed by atoms with Gasteiger partial charge in [0.1, 0.15) is 0 Å². The fraction of sp³-hybridized carbons (Fsp3) is 0.917. The van der Waals surface area contributed by atoms with E-state index in [1.165, 1.54) is 0 Å². The molecule has 2 rings (SSSR count). The first-order valence-electron chi connectivity index (χ1n) is 6.42. The van der Waals surface area contributed by atoms with Crippen molar-refractivity contribution in [1.82, 2.24) is 5.32 Å². The van der Waals surface area contributed by atoms with Crippen LogP contribution in [-0.2, 0) is 15.6 Å². The van der Waals surface area contributed by atoms with Crippen LogP contribution in [0.15, 0.2) is 0 Å². The van der Waals surface area contributed by atoms with Crippen LogP contribution in [0.1, 0.15) is 32.6 Å². The minimum absolute atomic E-state index is 0.121. The van der Waals surface area contributed by atoms with Crippen molar-refractivity contribution in [2.75, 3.05) is 18.1 Å². The molecular formula is C12H22N2O2S.